The van der Waals surface area contributed by atoms with Crippen molar-refractivity contribution in [3.63, 3.8) is 0 Å². The Hall–Kier alpha value is -1.81. The Labute approximate surface area is 112 Å². The summed E-state index contributed by atoms with van der Waals surface area (Å²) in [4.78, 5) is 15.5. The number of carbonyl (C=O) groups is 1. The number of nitrogens with two attached hydrogens (primary N) is 1. The van der Waals surface area contributed by atoms with Crippen LogP contribution in [0, 0.1) is 0 Å². The molecule has 1 aromatic carbocycles. The van der Waals surface area contributed by atoms with Crippen LogP contribution in [0.1, 0.15) is 36.0 Å². The van der Waals surface area contributed by atoms with E-state index in [1.54, 1.807) is 0 Å². The van der Waals surface area contributed by atoms with Gasteiger partial charge in [0, 0.05) is 23.7 Å². The number of para-hydroxylation sites is 1. The fourth-order valence-electron chi connectivity index (χ4n) is 2.86. The summed E-state index contributed by atoms with van der Waals surface area (Å²) in [7, 11) is 0. The minimum absolute atomic E-state index is 0.0320. The van der Waals surface area contributed by atoms with Gasteiger partial charge in [0.15, 0.2) is 0 Å². The lowest BCUT2D eigenvalue weighted by atomic mass is 9.91. The van der Waals surface area contributed by atoms with Gasteiger partial charge in [-0.1, -0.05) is 25.0 Å². The van der Waals surface area contributed by atoms with Crippen LogP contribution in [-0.2, 0) is 0 Å². The number of nitrogens with one attached hydrogen (secondary N) is 2. The first-order valence-corrected chi connectivity index (χ1v) is 6.88. The number of aromatic nitrogens is 1. The van der Waals surface area contributed by atoms with Crippen LogP contribution < -0.4 is 11.1 Å². The largest absolute Gasteiger partial charge is 0.361 e. The lowest BCUT2D eigenvalue weighted by Crippen LogP contribution is -2.49. The highest BCUT2D eigenvalue weighted by atomic mass is 16.1. The molecule has 1 aliphatic rings. The molecular formula is C15H19N3O. The summed E-state index contributed by atoms with van der Waals surface area (Å²) in [6, 6.07) is 7.91. The predicted molar refractivity (Wildman–Crippen MR) is 76.0 cm³/mol. The molecule has 19 heavy (non-hydrogen) atoms. The molecule has 0 radical (unpaired) electrons. The predicted octanol–water partition coefficient (Wildman–Crippen LogP) is 2.17. The van der Waals surface area contributed by atoms with E-state index in [1.165, 1.54) is 6.42 Å². The molecule has 0 bridgehead atoms. The van der Waals surface area contributed by atoms with Gasteiger partial charge in [0.2, 0.25) is 0 Å². The maximum Gasteiger partial charge on any atom is 0.253 e. The van der Waals surface area contributed by atoms with Crippen molar-refractivity contribution in [2.45, 2.75) is 37.8 Å². The fraction of sp³-hybridized carbons (Fsp3) is 0.400. The Morgan fingerprint density at radius 2 is 2.11 bits per heavy atom. The van der Waals surface area contributed by atoms with Crippen LogP contribution in [0.5, 0.6) is 0 Å². The molecule has 2 atom stereocenters. The van der Waals surface area contributed by atoms with Crippen molar-refractivity contribution in [1.82, 2.24) is 10.3 Å². The summed E-state index contributed by atoms with van der Waals surface area (Å²) in [6.07, 6.45) is 6.14. The van der Waals surface area contributed by atoms with E-state index in [0.717, 1.165) is 30.2 Å². The van der Waals surface area contributed by atoms with Crippen molar-refractivity contribution in [1.29, 1.82) is 0 Å². The molecule has 1 aromatic heterocycles. The minimum atomic E-state index is -0.0320. The fourth-order valence-corrected chi connectivity index (χ4v) is 2.86. The van der Waals surface area contributed by atoms with Crippen molar-refractivity contribution < 1.29 is 4.79 Å². The molecule has 1 amide bonds. The topological polar surface area (TPSA) is 70.9 Å². The van der Waals surface area contributed by atoms with Crippen molar-refractivity contribution in [2.75, 3.05) is 0 Å². The van der Waals surface area contributed by atoms with Gasteiger partial charge in [0.25, 0.3) is 5.91 Å². The molecule has 1 saturated carbocycles. The number of rotatable bonds is 2. The lowest BCUT2D eigenvalue weighted by Gasteiger charge is -2.29. The highest BCUT2D eigenvalue weighted by Gasteiger charge is 2.24. The molecule has 0 spiro atoms. The molecule has 4 N–H and O–H groups in total. The first-order valence-electron chi connectivity index (χ1n) is 6.88. The summed E-state index contributed by atoms with van der Waals surface area (Å²) >= 11 is 0. The zero-order chi connectivity index (χ0) is 13.2. The van der Waals surface area contributed by atoms with Crippen LogP contribution in [0.3, 0.4) is 0 Å². The monoisotopic (exact) mass is 257 g/mol. The third-order valence-corrected chi connectivity index (χ3v) is 3.97. The van der Waals surface area contributed by atoms with Crippen LogP contribution in [0.2, 0.25) is 0 Å². The molecular weight excluding hydrogens is 238 g/mol. The Kier molecular flexibility index (Phi) is 3.25. The molecule has 1 aliphatic carbocycles. The number of H-pyrrole nitrogens is 1. The molecule has 2 aromatic rings. The normalized spacial score (nSPS) is 23.4. The Morgan fingerprint density at radius 3 is 2.95 bits per heavy atom. The van der Waals surface area contributed by atoms with Crippen molar-refractivity contribution in [3.8, 4) is 0 Å². The van der Waals surface area contributed by atoms with Crippen LogP contribution in [0.15, 0.2) is 30.5 Å². The van der Waals surface area contributed by atoms with Gasteiger partial charge in [-0.15, -0.1) is 0 Å². The second-order valence-electron chi connectivity index (χ2n) is 5.28. The standard InChI is InChI=1S/C15H19N3O/c16-12-6-1-2-7-13(12)18-15(19)11-5-3-4-10-8-9-17-14(10)11/h3-5,8-9,12-13,17H,1-2,6-7,16H2,(H,18,19). The number of hydrogen-bond acceptors (Lipinski definition) is 2. The van der Waals surface area contributed by atoms with Gasteiger partial charge in [0.05, 0.1) is 11.1 Å². The van der Waals surface area contributed by atoms with E-state index in [-0.39, 0.29) is 18.0 Å². The van der Waals surface area contributed by atoms with Gasteiger partial charge >= 0.3 is 0 Å². The van der Waals surface area contributed by atoms with E-state index < -0.39 is 0 Å². The van der Waals surface area contributed by atoms with Gasteiger partial charge in [-0.2, -0.15) is 0 Å². The molecule has 3 rings (SSSR count). The average molecular weight is 257 g/mol. The lowest BCUT2D eigenvalue weighted by molar-refractivity contribution is 0.0923. The minimum Gasteiger partial charge on any atom is -0.361 e. The molecule has 4 heteroatoms. The van der Waals surface area contributed by atoms with Gasteiger partial charge in [-0.05, 0) is 25.0 Å². The van der Waals surface area contributed by atoms with Crippen LogP contribution >= 0.6 is 0 Å². The van der Waals surface area contributed by atoms with E-state index >= 15 is 0 Å². The van der Waals surface area contributed by atoms with Gasteiger partial charge in [0.1, 0.15) is 0 Å². The quantitative estimate of drug-likeness (QED) is 0.771. The maximum absolute atomic E-state index is 12.4. The zero-order valence-corrected chi connectivity index (χ0v) is 10.9. The summed E-state index contributed by atoms with van der Waals surface area (Å²) in [6.45, 7) is 0. The molecule has 1 heterocycles. The second kappa shape index (κ2) is 5.05. The SMILES string of the molecule is NC1CCCCC1NC(=O)c1cccc2cc[nH]c12. The van der Waals surface area contributed by atoms with Crippen LogP contribution in [-0.4, -0.2) is 23.0 Å². The van der Waals surface area contributed by atoms with E-state index in [9.17, 15) is 4.79 Å². The molecule has 4 nitrogen and oxygen atoms in total. The number of benzene rings is 1. The molecule has 1 fully saturated rings. The van der Waals surface area contributed by atoms with E-state index in [2.05, 4.69) is 10.3 Å². The Bertz CT molecular complexity index is 590. The third kappa shape index (κ3) is 2.36. The highest BCUT2D eigenvalue weighted by molar-refractivity contribution is 6.05. The summed E-state index contributed by atoms with van der Waals surface area (Å²) in [5.74, 6) is -0.0320. The summed E-state index contributed by atoms with van der Waals surface area (Å²) < 4.78 is 0. The van der Waals surface area contributed by atoms with Crippen LogP contribution in [0.4, 0.5) is 0 Å². The van der Waals surface area contributed by atoms with Crippen molar-refractivity contribution in [3.05, 3.63) is 36.0 Å². The maximum atomic E-state index is 12.4. The average Bonchev–Trinajstić information content (AvgIpc) is 2.89. The molecule has 0 saturated heterocycles. The van der Waals surface area contributed by atoms with Crippen molar-refractivity contribution in [2.24, 2.45) is 5.73 Å². The molecule has 0 aliphatic heterocycles. The summed E-state index contributed by atoms with van der Waals surface area (Å²) in [5, 5.41) is 4.14. The number of aromatic amines is 1. The highest BCUT2D eigenvalue weighted by Crippen LogP contribution is 2.20. The summed E-state index contributed by atoms with van der Waals surface area (Å²) in [5.41, 5.74) is 7.66. The second-order valence-corrected chi connectivity index (χ2v) is 5.28. The zero-order valence-electron chi connectivity index (χ0n) is 10.9. The molecule has 2 unspecified atom stereocenters. The first kappa shape index (κ1) is 12.2. The Morgan fingerprint density at radius 1 is 1.26 bits per heavy atom. The van der Waals surface area contributed by atoms with Crippen LogP contribution in [0.25, 0.3) is 10.9 Å². The van der Waals surface area contributed by atoms with Gasteiger partial charge < -0.3 is 16.0 Å². The van der Waals surface area contributed by atoms with E-state index in [0.29, 0.717) is 5.56 Å². The van der Waals surface area contributed by atoms with E-state index in [4.69, 9.17) is 5.73 Å². The number of amides is 1. The molecule has 100 valence electrons. The third-order valence-electron chi connectivity index (χ3n) is 3.97. The van der Waals surface area contributed by atoms with E-state index in [1.807, 2.05) is 30.5 Å². The smallest absolute Gasteiger partial charge is 0.253 e. The number of fused-ring (bicyclic) bond motifs is 1. The van der Waals surface area contributed by atoms with Gasteiger partial charge in [-0.25, -0.2) is 0 Å². The number of hydrogen-bond donors (Lipinski definition) is 3. The number of carbonyl (C=O) groups excluding carboxylic acids is 1. The first-order chi connectivity index (χ1) is 9.25. The van der Waals surface area contributed by atoms with Crippen molar-refractivity contribution >= 4 is 16.8 Å². The Balaban J connectivity index is 1.82. The van der Waals surface area contributed by atoms with Gasteiger partial charge in [-0.3, -0.25) is 4.79 Å².